The number of thiazole rings is 1. The number of rotatable bonds is 11. The lowest BCUT2D eigenvalue weighted by Gasteiger charge is -2.24. The maximum atomic E-state index is 13.2. The Bertz CT molecular complexity index is 1200. The number of carbonyl (C=O) groups excluding carboxylic acids is 1. The SMILES string of the molecule is CCN(CC)CCN(C(=O)CCS(=O)(=O)c1ccc(F)cc1)c1nc2c(SC)cccc2s1.Cl. The molecule has 1 amide bonds. The van der Waals surface area contributed by atoms with E-state index in [9.17, 15) is 17.6 Å². The summed E-state index contributed by atoms with van der Waals surface area (Å²) in [6, 6.07) is 10.6. The van der Waals surface area contributed by atoms with Crippen molar-refractivity contribution in [2.45, 2.75) is 30.1 Å². The molecule has 1 aromatic heterocycles. The molecule has 0 N–H and O–H groups in total. The first-order chi connectivity index (χ1) is 15.8. The summed E-state index contributed by atoms with van der Waals surface area (Å²) in [6.07, 6.45) is 1.81. The van der Waals surface area contributed by atoms with Gasteiger partial charge in [-0.25, -0.2) is 17.8 Å². The number of hydrogen-bond acceptors (Lipinski definition) is 7. The summed E-state index contributed by atoms with van der Waals surface area (Å²) in [5.41, 5.74) is 0.851. The summed E-state index contributed by atoms with van der Waals surface area (Å²) in [7, 11) is -3.71. The number of hydrogen-bond donors (Lipinski definition) is 0. The zero-order chi connectivity index (χ0) is 24.0. The molecular formula is C23H29ClFN3O3S3. The van der Waals surface area contributed by atoms with E-state index in [0.717, 1.165) is 40.3 Å². The van der Waals surface area contributed by atoms with E-state index in [1.807, 2.05) is 24.5 Å². The third-order valence-corrected chi connectivity index (χ3v) is 8.96. The molecule has 186 valence electrons. The first-order valence-corrected chi connectivity index (χ1v) is 14.4. The molecule has 0 atom stereocenters. The summed E-state index contributed by atoms with van der Waals surface area (Å²) in [5, 5.41) is 0.572. The molecule has 0 unspecified atom stereocenters. The van der Waals surface area contributed by atoms with Crippen molar-refractivity contribution in [1.29, 1.82) is 0 Å². The summed E-state index contributed by atoms with van der Waals surface area (Å²) in [5.74, 6) is -1.15. The van der Waals surface area contributed by atoms with Crippen molar-refractivity contribution < 1.29 is 17.6 Å². The Morgan fingerprint density at radius 2 is 1.76 bits per heavy atom. The molecule has 2 aromatic carbocycles. The van der Waals surface area contributed by atoms with Crippen molar-refractivity contribution in [2.24, 2.45) is 0 Å². The second-order valence-corrected chi connectivity index (χ2v) is 11.4. The number of sulfone groups is 1. The Balaban J connectivity index is 0.00000408. The monoisotopic (exact) mass is 545 g/mol. The highest BCUT2D eigenvalue weighted by Crippen LogP contribution is 2.34. The molecule has 0 saturated heterocycles. The predicted octanol–water partition coefficient (Wildman–Crippen LogP) is 5.12. The van der Waals surface area contributed by atoms with Crippen LogP contribution in [0.25, 0.3) is 10.2 Å². The molecule has 0 aliphatic heterocycles. The highest BCUT2D eigenvalue weighted by atomic mass is 35.5. The largest absolute Gasteiger partial charge is 0.302 e. The van der Waals surface area contributed by atoms with Crippen molar-refractivity contribution in [1.82, 2.24) is 9.88 Å². The van der Waals surface area contributed by atoms with E-state index in [0.29, 0.717) is 18.2 Å². The van der Waals surface area contributed by atoms with Crippen LogP contribution >= 0.6 is 35.5 Å². The molecular weight excluding hydrogens is 517 g/mol. The molecule has 6 nitrogen and oxygen atoms in total. The van der Waals surface area contributed by atoms with E-state index in [1.54, 1.807) is 16.7 Å². The van der Waals surface area contributed by atoms with Crippen molar-refractivity contribution >= 4 is 66.6 Å². The van der Waals surface area contributed by atoms with Crippen LogP contribution in [0.15, 0.2) is 52.3 Å². The van der Waals surface area contributed by atoms with Crippen LogP contribution < -0.4 is 4.90 Å². The lowest BCUT2D eigenvalue weighted by atomic mass is 10.3. The van der Waals surface area contributed by atoms with Gasteiger partial charge < -0.3 is 4.90 Å². The second kappa shape index (κ2) is 12.8. The molecule has 3 aromatic rings. The van der Waals surface area contributed by atoms with E-state index in [1.165, 1.54) is 23.5 Å². The minimum absolute atomic E-state index is 0. The predicted molar refractivity (Wildman–Crippen MR) is 142 cm³/mol. The van der Waals surface area contributed by atoms with Crippen LogP contribution in [0.1, 0.15) is 20.3 Å². The van der Waals surface area contributed by atoms with E-state index in [-0.39, 0.29) is 35.4 Å². The summed E-state index contributed by atoms with van der Waals surface area (Å²) < 4.78 is 39.5. The van der Waals surface area contributed by atoms with Crippen molar-refractivity contribution in [2.75, 3.05) is 43.1 Å². The van der Waals surface area contributed by atoms with Gasteiger partial charge in [0.25, 0.3) is 0 Å². The molecule has 0 radical (unpaired) electrons. The molecule has 0 spiro atoms. The lowest BCUT2D eigenvalue weighted by Crippen LogP contribution is -2.39. The Kier molecular flexibility index (Phi) is 10.8. The average Bonchev–Trinajstić information content (AvgIpc) is 3.24. The lowest BCUT2D eigenvalue weighted by molar-refractivity contribution is -0.118. The third kappa shape index (κ3) is 6.91. The number of aromatic nitrogens is 1. The summed E-state index contributed by atoms with van der Waals surface area (Å²) >= 11 is 3.03. The Morgan fingerprint density at radius 3 is 2.38 bits per heavy atom. The Labute approximate surface area is 214 Å². The van der Waals surface area contributed by atoms with E-state index < -0.39 is 15.7 Å². The van der Waals surface area contributed by atoms with Crippen molar-refractivity contribution in [3.8, 4) is 0 Å². The first kappa shape index (κ1) is 28.5. The van der Waals surface area contributed by atoms with Gasteiger partial charge in [0.2, 0.25) is 5.91 Å². The number of fused-ring (bicyclic) bond motifs is 1. The molecule has 3 rings (SSSR count). The van der Waals surface area contributed by atoms with Gasteiger partial charge in [-0.15, -0.1) is 24.2 Å². The molecule has 0 bridgehead atoms. The highest BCUT2D eigenvalue weighted by molar-refractivity contribution is 7.98. The van der Waals surface area contributed by atoms with Gasteiger partial charge in [0, 0.05) is 24.4 Å². The number of anilines is 1. The number of carbonyl (C=O) groups is 1. The van der Waals surface area contributed by atoms with Gasteiger partial charge in [0.1, 0.15) is 5.82 Å². The number of thioether (sulfide) groups is 1. The molecule has 0 fully saturated rings. The van der Waals surface area contributed by atoms with Gasteiger partial charge in [-0.3, -0.25) is 9.69 Å². The number of halogens is 2. The van der Waals surface area contributed by atoms with Crippen LogP contribution in [0.5, 0.6) is 0 Å². The fraction of sp³-hybridized carbons (Fsp3) is 0.391. The molecule has 34 heavy (non-hydrogen) atoms. The van der Waals surface area contributed by atoms with Gasteiger partial charge in [-0.2, -0.15) is 0 Å². The number of para-hydroxylation sites is 1. The Hall–Kier alpha value is -1.72. The van der Waals surface area contributed by atoms with Gasteiger partial charge in [-0.1, -0.05) is 31.3 Å². The van der Waals surface area contributed by atoms with Gasteiger partial charge >= 0.3 is 0 Å². The number of likely N-dealkylation sites (N-methyl/N-ethyl adjacent to an activating group) is 1. The smallest absolute Gasteiger partial charge is 0.229 e. The van der Waals surface area contributed by atoms with Crippen LogP contribution in [0.3, 0.4) is 0 Å². The molecule has 1 heterocycles. The first-order valence-electron chi connectivity index (χ1n) is 10.7. The van der Waals surface area contributed by atoms with Gasteiger partial charge in [0.05, 0.1) is 20.9 Å². The number of amides is 1. The minimum atomic E-state index is -3.71. The maximum absolute atomic E-state index is 13.2. The van der Waals surface area contributed by atoms with E-state index in [4.69, 9.17) is 4.98 Å². The second-order valence-electron chi connectivity index (χ2n) is 7.40. The zero-order valence-electron chi connectivity index (χ0n) is 19.4. The van der Waals surface area contributed by atoms with E-state index >= 15 is 0 Å². The summed E-state index contributed by atoms with van der Waals surface area (Å²) in [6.45, 7) is 6.92. The molecule has 0 aliphatic carbocycles. The highest BCUT2D eigenvalue weighted by Gasteiger charge is 2.24. The standard InChI is InChI=1S/C23H28FN3O3S3.ClH/c1-4-26(5-2)14-15-27(23-25-22-19(31-3)7-6-8-20(22)32-23)21(28)13-16-33(29,30)18-11-9-17(24)10-12-18;/h6-12H,4-5,13-16H2,1-3H3;1H. The maximum Gasteiger partial charge on any atom is 0.229 e. The zero-order valence-corrected chi connectivity index (χ0v) is 22.6. The van der Waals surface area contributed by atoms with Crippen LogP contribution in [0, 0.1) is 5.82 Å². The topological polar surface area (TPSA) is 70.6 Å². The van der Waals surface area contributed by atoms with Crippen molar-refractivity contribution in [3.63, 3.8) is 0 Å². The Morgan fingerprint density at radius 1 is 1.09 bits per heavy atom. The molecule has 11 heteroatoms. The molecule has 0 aliphatic rings. The normalized spacial score (nSPS) is 11.6. The molecule has 0 saturated carbocycles. The summed E-state index contributed by atoms with van der Waals surface area (Å²) in [4.78, 5) is 22.8. The van der Waals surface area contributed by atoms with Crippen LogP contribution in [0.4, 0.5) is 9.52 Å². The van der Waals surface area contributed by atoms with Crippen molar-refractivity contribution in [3.05, 3.63) is 48.3 Å². The fourth-order valence-electron chi connectivity index (χ4n) is 3.42. The average molecular weight is 546 g/mol. The van der Waals surface area contributed by atoms with Crippen LogP contribution in [-0.4, -0.2) is 62.4 Å². The number of nitrogens with zero attached hydrogens (tertiary/aromatic N) is 3. The minimum Gasteiger partial charge on any atom is -0.302 e. The quantitative estimate of drug-likeness (QED) is 0.246. The van der Waals surface area contributed by atoms with Gasteiger partial charge in [-0.05, 0) is 55.7 Å². The van der Waals surface area contributed by atoms with E-state index in [2.05, 4.69) is 18.7 Å². The van der Waals surface area contributed by atoms with Gasteiger partial charge in [0.15, 0.2) is 15.0 Å². The van der Waals surface area contributed by atoms with Crippen LogP contribution in [0.2, 0.25) is 0 Å². The van der Waals surface area contributed by atoms with Crippen LogP contribution in [-0.2, 0) is 14.6 Å². The third-order valence-electron chi connectivity index (χ3n) is 5.41. The fourth-order valence-corrected chi connectivity index (χ4v) is 6.31. The number of benzene rings is 2.